The topological polar surface area (TPSA) is 72.2 Å². The quantitative estimate of drug-likeness (QED) is 0.854. The van der Waals surface area contributed by atoms with Crippen LogP contribution >= 0.6 is 11.6 Å². The molecule has 0 spiro atoms. The summed E-state index contributed by atoms with van der Waals surface area (Å²) in [4.78, 5) is -0.419. The van der Waals surface area contributed by atoms with Crippen LogP contribution < -0.4 is 10.5 Å². The number of hydrogen-bond donors (Lipinski definition) is 2. The molecule has 0 bridgehead atoms. The van der Waals surface area contributed by atoms with Gasteiger partial charge >= 0.3 is 0 Å². The molecular formula is C12H9ClF2N2O2S. The van der Waals surface area contributed by atoms with Crippen LogP contribution in [0.2, 0.25) is 5.02 Å². The molecule has 106 valence electrons. The highest BCUT2D eigenvalue weighted by molar-refractivity contribution is 7.92. The highest BCUT2D eigenvalue weighted by Crippen LogP contribution is 2.27. The second kappa shape index (κ2) is 5.26. The number of rotatable bonds is 3. The summed E-state index contributed by atoms with van der Waals surface area (Å²) in [6.07, 6.45) is 0. The molecule has 0 amide bonds. The van der Waals surface area contributed by atoms with Crippen molar-refractivity contribution < 1.29 is 17.2 Å². The first-order chi connectivity index (χ1) is 9.29. The van der Waals surface area contributed by atoms with Crippen LogP contribution in [-0.2, 0) is 10.0 Å². The van der Waals surface area contributed by atoms with Gasteiger partial charge in [-0.3, -0.25) is 4.72 Å². The van der Waals surface area contributed by atoms with Gasteiger partial charge in [-0.05, 0) is 36.4 Å². The first-order valence-electron chi connectivity index (χ1n) is 5.32. The second-order valence-electron chi connectivity index (χ2n) is 3.91. The van der Waals surface area contributed by atoms with Crippen molar-refractivity contribution in [3.05, 3.63) is 53.1 Å². The van der Waals surface area contributed by atoms with E-state index in [1.54, 1.807) is 0 Å². The van der Waals surface area contributed by atoms with Crippen molar-refractivity contribution in [1.82, 2.24) is 0 Å². The summed E-state index contributed by atoms with van der Waals surface area (Å²) in [6, 6.07) is 6.11. The number of benzene rings is 2. The van der Waals surface area contributed by atoms with E-state index in [2.05, 4.69) is 4.72 Å². The number of hydrogen-bond acceptors (Lipinski definition) is 3. The molecule has 0 aliphatic rings. The van der Waals surface area contributed by atoms with E-state index in [-0.39, 0.29) is 16.4 Å². The molecule has 0 fully saturated rings. The van der Waals surface area contributed by atoms with Crippen LogP contribution in [0.5, 0.6) is 0 Å². The van der Waals surface area contributed by atoms with Crippen molar-refractivity contribution in [2.45, 2.75) is 4.90 Å². The van der Waals surface area contributed by atoms with Crippen molar-refractivity contribution >= 4 is 33.0 Å². The number of halogens is 3. The average Bonchev–Trinajstić information content (AvgIpc) is 2.35. The van der Waals surface area contributed by atoms with Gasteiger partial charge < -0.3 is 5.73 Å². The Morgan fingerprint density at radius 3 is 2.30 bits per heavy atom. The van der Waals surface area contributed by atoms with E-state index in [4.69, 9.17) is 17.3 Å². The minimum atomic E-state index is -4.12. The smallest absolute Gasteiger partial charge is 0.264 e. The van der Waals surface area contributed by atoms with Crippen molar-refractivity contribution in [3.63, 3.8) is 0 Å². The predicted molar refractivity (Wildman–Crippen MR) is 73.0 cm³/mol. The predicted octanol–water partition coefficient (Wildman–Crippen LogP) is 3.00. The summed E-state index contributed by atoms with van der Waals surface area (Å²) < 4.78 is 52.3. The number of nitrogens with one attached hydrogen (secondary N) is 1. The lowest BCUT2D eigenvalue weighted by atomic mass is 10.3. The Morgan fingerprint density at radius 1 is 1.05 bits per heavy atom. The maximum absolute atomic E-state index is 13.1. The SMILES string of the molecule is Nc1ccc(F)cc1S(=O)(=O)Nc1ccc(F)cc1Cl. The van der Waals surface area contributed by atoms with E-state index < -0.39 is 26.6 Å². The second-order valence-corrected chi connectivity index (χ2v) is 5.97. The van der Waals surface area contributed by atoms with Gasteiger partial charge in [-0.2, -0.15) is 0 Å². The molecule has 2 aromatic carbocycles. The number of anilines is 2. The maximum Gasteiger partial charge on any atom is 0.264 e. The summed E-state index contributed by atoms with van der Waals surface area (Å²) in [5.41, 5.74) is 5.37. The van der Waals surface area contributed by atoms with Crippen LogP contribution in [0, 0.1) is 11.6 Å². The first kappa shape index (κ1) is 14.5. The lowest BCUT2D eigenvalue weighted by Crippen LogP contribution is -2.15. The van der Waals surface area contributed by atoms with E-state index in [0.717, 1.165) is 36.4 Å². The summed E-state index contributed by atoms with van der Waals surface area (Å²) in [5, 5.41) is -0.122. The van der Waals surface area contributed by atoms with E-state index in [9.17, 15) is 17.2 Å². The molecule has 8 heteroatoms. The van der Waals surface area contributed by atoms with Crippen LogP contribution in [0.4, 0.5) is 20.2 Å². The largest absolute Gasteiger partial charge is 0.398 e. The lowest BCUT2D eigenvalue weighted by Gasteiger charge is -2.11. The number of nitrogen functional groups attached to an aromatic ring is 1. The maximum atomic E-state index is 13.1. The zero-order valence-corrected chi connectivity index (χ0v) is 11.5. The van der Waals surface area contributed by atoms with Crippen LogP contribution in [0.1, 0.15) is 0 Å². The molecule has 0 saturated heterocycles. The Morgan fingerprint density at radius 2 is 1.65 bits per heavy atom. The van der Waals surface area contributed by atoms with Crippen molar-refractivity contribution in [1.29, 1.82) is 0 Å². The standard InChI is InChI=1S/C12H9ClF2N2O2S/c13-9-5-7(14)2-4-11(9)17-20(18,19)12-6-8(15)1-3-10(12)16/h1-6,17H,16H2. The fraction of sp³-hybridized carbons (Fsp3) is 0. The van der Waals surface area contributed by atoms with Gasteiger partial charge in [0.05, 0.1) is 16.4 Å². The summed E-state index contributed by atoms with van der Waals surface area (Å²) >= 11 is 5.72. The highest BCUT2D eigenvalue weighted by Gasteiger charge is 2.19. The highest BCUT2D eigenvalue weighted by atomic mass is 35.5. The van der Waals surface area contributed by atoms with Gasteiger partial charge in [0.15, 0.2) is 0 Å². The molecule has 0 atom stereocenters. The molecule has 2 aromatic rings. The van der Waals surface area contributed by atoms with Gasteiger partial charge in [0.2, 0.25) is 0 Å². The van der Waals surface area contributed by atoms with E-state index in [1.807, 2.05) is 0 Å². The molecule has 3 N–H and O–H groups in total. The van der Waals surface area contributed by atoms with Crippen molar-refractivity contribution in [2.75, 3.05) is 10.5 Å². The molecule has 0 radical (unpaired) electrons. The average molecular weight is 319 g/mol. The van der Waals surface area contributed by atoms with Crippen LogP contribution in [0.3, 0.4) is 0 Å². The third-order valence-electron chi connectivity index (χ3n) is 2.44. The zero-order valence-electron chi connectivity index (χ0n) is 9.90. The molecule has 0 aromatic heterocycles. The monoisotopic (exact) mass is 318 g/mol. The molecule has 0 unspecified atom stereocenters. The third-order valence-corrected chi connectivity index (χ3v) is 4.17. The summed E-state index contributed by atoms with van der Waals surface area (Å²) in [6.45, 7) is 0. The Hall–Kier alpha value is -1.86. The lowest BCUT2D eigenvalue weighted by molar-refractivity contribution is 0.596. The van der Waals surface area contributed by atoms with Gasteiger partial charge in [0.25, 0.3) is 10.0 Å². The Balaban J connectivity index is 2.43. The van der Waals surface area contributed by atoms with Crippen LogP contribution in [0.25, 0.3) is 0 Å². The van der Waals surface area contributed by atoms with Crippen LogP contribution in [-0.4, -0.2) is 8.42 Å². The third kappa shape index (κ3) is 3.00. The Kier molecular flexibility index (Phi) is 3.82. The van der Waals surface area contributed by atoms with Gasteiger partial charge in [0.1, 0.15) is 16.5 Å². The van der Waals surface area contributed by atoms with Gasteiger partial charge in [-0.1, -0.05) is 11.6 Å². The van der Waals surface area contributed by atoms with E-state index in [0.29, 0.717) is 0 Å². The van der Waals surface area contributed by atoms with E-state index >= 15 is 0 Å². The fourth-order valence-electron chi connectivity index (χ4n) is 1.51. The van der Waals surface area contributed by atoms with Crippen molar-refractivity contribution in [2.24, 2.45) is 0 Å². The Bertz CT molecular complexity index is 766. The normalized spacial score (nSPS) is 11.3. The van der Waals surface area contributed by atoms with Gasteiger partial charge in [-0.25, -0.2) is 17.2 Å². The minimum Gasteiger partial charge on any atom is -0.398 e. The Labute approximate surface area is 119 Å². The molecule has 4 nitrogen and oxygen atoms in total. The number of sulfonamides is 1. The zero-order chi connectivity index (χ0) is 14.9. The van der Waals surface area contributed by atoms with Crippen molar-refractivity contribution in [3.8, 4) is 0 Å². The molecule has 20 heavy (non-hydrogen) atoms. The fourth-order valence-corrected chi connectivity index (χ4v) is 3.01. The summed E-state index contributed by atoms with van der Waals surface area (Å²) in [5.74, 6) is -1.35. The van der Waals surface area contributed by atoms with Crippen LogP contribution in [0.15, 0.2) is 41.3 Å². The number of nitrogens with two attached hydrogens (primary N) is 1. The molecule has 0 aliphatic carbocycles. The van der Waals surface area contributed by atoms with E-state index in [1.165, 1.54) is 0 Å². The first-order valence-corrected chi connectivity index (χ1v) is 7.18. The minimum absolute atomic E-state index is 0.0308. The van der Waals surface area contributed by atoms with Gasteiger partial charge in [0, 0.05) is 0 Å². The molecular weight excluding hydrogens is 310 g/mol. The molecule has 0 saturated carbocycles. The van der Waals surface area contributed by atoms with Gasteiger partial charge in [-0.15, -0.1) is 0 Å². The summed E-state index contributed by atoms with van der Waals surface area (Å²) in [7, 11) is -4.12. The molecule has 0 heterocycles. The molecule has 2 rings (SSSR count). The molecule has 0 aliphatic heterocycles.